The largest absolute Gasteiger partial charge is 0.493 e. The monoisotopic (exact) mass is 199 g/mol. The maximum Gasteiger partial charge on any atom is 0.207 e. The summed E-state index contributed by atoms with van der Waals surface area (Å²) in [4.78, 5) is 0. The lowest BCUT2D eigenvalue weighted by Crippen LogP contribution is -2.04. The number of hydrogen-bond acceptors (Lipinski definition) is 3. The van der Waals surface area contributed by atoms with Gasteiger partial charge in [0.05, 0.1) is 14.2 Å². The highest BCUT2D eigenvalue weighted by molar-refractivity contribution is 5.47. The first-order chi connectivity index (χ1) is 6.65. The molecule has 78 valence electrons. The van der Waals surface area contributed by atoms with Crippen LogP contribution in [0.5, 0.6) is 11.5 Å². The molecule has 0 spiro atoms. The zero-order chi connectivity index (χ0) is 10.7. The second-order valence-electron chi connectivity index (χ2n) is 2.94. The number of halogens is 1. The SMILES string of the molecule is COc1c(C)cc(CN)c(OC)c1F. The predicted molar refractivity (Wildman–Crippen MR) is 52.1 cm³/mol. The van der Waals surface area contributed by atoms with Crippen molar-refractivity contribution in [2.75, 3.05) is 14.2 Å². The molecule has 0 amide bonds. The van der Waals surface area contributed by atoms with Crippen molar-refractivity contribution >= 4 is 0 Å². The molecule has 1 aromatic rings. The molecule has 1 rings (SSSR count). The van der Waals surface area contributed by atoms with E-state index in [-0.39, 0.29) is 18.0 Å². The Morgan fingerprint density at radius 1 is 1.29 bits per heavy atom. The van der Waals surface area contributed by atoms with Gasteiger partial charge in [0.25, 0.3) is 0 Å². The van der Waals surface area contributed by atoms with Gasteiger partial charge in [-0.25, -0.2) is 0 Å². The third-order valence-electron chi connectivity index (χ3n) is 2.07. The fourth-order valence-electron chi connectivity index (χ4n) is 1.43. The average Bonchev–Trinajstić information content (AvgIpc) is 2.17. The first-order valence-electron chi connectivity index (χ1n) is 4.25. The van der Waals surface area contributed by atoms with Gasteiger partial charge in [-0.05, 0) is 18.6 Å². The molecule has 14 heavy (non-hydrogen) atoms. The van der Waals surface area contributed by atoms with Gasteiger partial charge in [0, 0.05) is 12.1 Å². The van der Waals surface area contributed by atoms with Crippen molar-refractivity contribution in [3.63, 3.8) is 0 Å². The van der Waals surface area contributed by atoms with Gasteiger partial charge in [-0.3, -0.25) is 0 Å². The quantitative estimate of drug-likeness (QED) is 0.804. The van der Waals surface area contributed by atoms with E-state index in [0.29, 0.717) is 11.1 Å². The Balaban J connectivity index is 3.39. The first-order valence-corrected chi connectivity index (χ1v) is 4.25. The van der Waals surface area contributed by atoms with Gasteiger partial charge in [-0.15, -0.1) is 0 Å². The van der Waals surface area contributed by atoms with E-state index in [1.54, 1.807) is 13.0 Å². The molecule has 0 saturated carbocycles. The smallest absolute Gasteiger partial charge is 0.207 e. The number of methoxy groups -OCH3 is 2. The molecule has 0 bridgehead atoms. The van der Waals surface area contributed by atoms with Gasteiger partial charge in [0.2, 0.25) is 5.82 Å². The third kappa shape index (κ3) is 1.65. The van der Waals surface area contributed by atoms with Crippen LogP contribution in [0.25, 0.3) is 0 Å². The van der Waals surface area contributed by atoms with Crippen LogP contribution >= 0.6 is 0 Å². The van der Waals surface area contributed by atoms with Crippen LogP contribution in [0.3, 0.4) is 0 Å². The summed E-state index contributed by atoms with van der Waals surface area (Å²) in [5.74, 6) is -0.121. The van der Waals surface area contributed by atoms with Crippen LogP contribution < -0.4 is 15.2 Å². The number of nitrogens with two attached hydrogens (primary N) is 1. The maximum atomic E-state index is 13.7. The summed E-state index contributed by atoms with van der Waals surface area (Å²) in [6.07, 6.45) is 0. The van der Waals surface area contributed by atoms with E-state index in [1.165, 1.54) is 14.2 Å². The minimum atomic E-state index is -0.490. The molecule has 0 aliphatic carbocycles. The van der Waals surface area contributed by atoms with E-state index >= 15 is 0 Å². The van der Waals surface area contributed by atoms with Gasteiger partial charge in [-0.1, -0.05) is 0 Å². The van der Waals surface area contributed by atoms with Crippen LogP contribution in [0.1, 0.15) is 11.1 Å². The molecule has 0 heterocycles. The molecule has 0 radical (unpaired) electrons. The molecule has 0 fully saturated rings. The van der Waals surface area contributed by atoms with Crippen LogP contribution in [-0.2, 0) is 6.54 Å². The van der Waals surface area contributed by atoms with Crippen LogP contribution in [0, 0.1) is 12.7 Å². The van der Waals surface area contributed by atoms with Crippen molar-refractivity contribution < 1.29 is 13.9 Å². The second-order valence-corrected chi connectivity index (χ2v) is 2.94. The molecule has 0 aliphatic rings. The van der Waals surface area contributed by atoms with Gasteiger partial charge < -0.3 is 15.2 Å². The molecule has 3 nitrogen and oxygen atoms in total. The van der Waals surface area contributed by atoms with E-state index < -0.39 is 5.82 Å². The Morgan fingerprint density at radius 2 is 1.86 bits per heavy atom. The van der Waals surface area contributed by atoms with Crippen LogP contribution in [0.4, 0.5) is 4.39 Å². The van der Waals surface area contributed by atoms with E-state index in [4.69, 9.17) is 15.2 Å². The average molecular weight is 199 g/mol. The van der Waals surface area contributed by atoms with Crippen molar-refractivity contribution in [1.29, 1.82) is 0 Å². The van der Waals surface area contributed by atoms with E-state index in [0.717, 1.165) is 0 Å². The highest BCUT2D eigenvalue weighted by atomic mass is 19.1. The number of hydrogen-bond donors (Lipinski definition) is 1. The van der Waals surface area contributed by atoms with Gasteiger partial charge in [-0.2, -0.15) is 4.39 Å². The van der Waals surface area contributed by atoms with E-state index in [9.17, 15) is 4.39 Å². The van der Waals surface area contributed by atoms with Crippen LogP contribution in [0.15, 0.2) is 6.07 Å². The summed E-state index contributed by atoms with van der Waals surface area (Å²) in [7, 11) is 2.83. The normalized spacial score (nSPS) is 10.1. The molecular weight excluding hydrogens is 185 g/mol. The number of aryl methyl sites for hydroxylation is 1. The van der Waals surface area contributed by atoms with Crippen molar-refractivity contribution in [2.24, 2.45) is 5.73 Å². The Kier molecular flexibility index (Phi) is 3.30. The van der Waals surface area contributed by atoms with Crippen molar-refractivity contribution in [3.8, 4) is 11.5 Å². The molecule has 0 unspecified atom stereocenters. The Morgan fingerprint density at radius 3 is 2.29 bits per heavy atom. The lowest BCUT2D eigenvalue weighted by atomic mass is 10.1. The Hall–Kier alpha value is -1.29. The lowest BCUT2D eigenvalue weighted by molar-refractivity contribution is 0.345. The highest BCUT2D eigenvalue weighted by Gasteiger charge is 2.16. The van der Waals surface area contributed by atoms with Crippen molar-refractivity contribution in [1.82, 2.24) is 0 Å². The summed E-state index contributed by atoms with van der Waals surface area (Å²) >= 11 is 0. The summed E-state index contributed by atoms with van der Waals surface area (Å²) in [5.41, 5.74) is 6.82. The molecule has 0 aromatic heterocycles. The van der Waals surface area contributed by atoms with E-state index in [1.807, 2.05) is 0 Å². The molecule has 0 saturated heterocycles. The fourth-order valence-corrected chi connectivity index (χ4v) is 1.43. The predicted octanol–water partition coefficient (Wildman–Crippen LogP) is 1.61. The molecule has 1 aromatic carbocycles. The van der Waals surface area contributed by atoms with Gasteiger partial charge in [0.15, 0.2) is 11.5 Å². The van der Waals surface area contributed by atoms with Gasteiger partial charge >= 0.3 is 0 Å². The first kappa shape index (κ1) is 10.8. The summed E-state index contributed by atoms with van der Waals surface area (Å²) in [5, 5.41) is 0. The number of benzene rings is 1. The van der Waals surface area contributed by atoms with E-state index in [2.05, 4.69) is 0 Å². The summed E-state index contributed by atoms with van der Waals surface area (Å²) < 4.78 is 23.5. The topological polar surface area (TPSA) is 44.5 Å². The minimum Gasteiger partial charge on any atom is -0.493 e. The highest BCUT2D eigenvalue weighted by Crippen LogP contribution is 2.33. The Labute approximate surface area is 82.6 Å². The molecular formula is C10H14FNO2. The number of rotatable bonds is 3. The molecule has 2 N–H and O–H groups in total. The van der Waals surface area contributed by atoms with Crippen molar-refractivity contribution in [2.45, 2.75) is 13.5 Å². The molecule has 4 heteroatoms. The fraction of sp³-hybridized carbons (Fsp3) is 0.400. The standard InChI is InChI=1S/C10H14FNO2/c1-6-4-7(5-12)10(14-3)8(11)9(6)13-2/h4H,5,12H2,1-3H3. The number of ether oxygens (including phenoxy) is 2. The summed E-state index contributed by atoms with van der Waals surface area (Å²) in [6.45, 7) is 2.01. The molecule has 0 aliphatic heterocycles. The lowest BCUT2D eigenvalue weighted by Gasteiger charge is -2.13. The molecule has 0 atom stereocenters. The van der Waals surface area contributed by atoms with Crippen molar-refractivity contribution in [3.05, 3.63) is 23.0 Å². The van der Waals surface area contributed by atoms with Crippen LogP contribution in [0.2, 0.25) is 0 Å². The minimum absolute atomic E-state index is 0.162. The van der Waals surface area contributed by atoms with Gasteiger partial charge in [0.1, 0.15) is 0 Å². The summed E-state index contributed by atoms with van der Waals surface area (Å²) in [6, 6.07) is 1.76. The zero-order valence-corrected chi connectivity index (χ0v) is 8.56. The maximum absolute atomic E-state index is 13.7. The van der Waals surface area contributed by atoms with Crippen LogP contribution in [-0.4, -0.2) is 14.2 Å². The zero-order valence-electron chi connectivity index (χ0n) is 8.56. The third-order valence-corrected chi connectivity index (χ3v) is 2.07. The Bertz CT molecular complexity index is 339. The second kappa shape index (κ2) is 4.28.